The molecule has 1 rings (SSSR count). The average Bonchev–Trinajstić information content (AvgIpc) is 2.39. The first-order valence-electron chi connectivity index (χ1n) is 5.63. The third-order valence-corrected chi connectivity index (χ3v) is 3.68. The highest BCUT2D eigenvalue weighted by atomic mass is 32.2. The Morgan fingerprint density at radius 3 is 2.32 bits per heavy atom. The van der Waals surface area contributed by atoms with Crippen LogP contribution >= 0.6 is 0 Å². The Bertz CT molecular complexity index is 587. The molecule has 0 saturated carbocycles. The second kappa shape index (κ2) is 6.86. The molecule has 0 aliphatic carbocycles. The molecule has 0 spiro atoms. The number of amides is 1. The monoisotopic (exact) mass is 280 g/mol. The number of hydrogen-bond acceptors (Lipinski definition) is 3. The molecule has 0 atom stereocenters. The van der Waals surface area contributed by atoms with Gasteiger partial charge in [-0.05, 0) is 38.2 Å². The number of carbonyl (C=O) groups is 1. The summed E-state index contributed by atoms with van der Waals surface area (Å²) in [5, 5.41) is 2.62. The summed E-state index contributed by atoms with van der Waals surface area (Å²) in [4.78, 5) is 11.6. The maximum Gasteiger partial charge on any atom is 0.248 e. The van der Waals surface area contributed by atoms with Gasteiger partial charge < -0.3 is 5.32 Å². The predicted octanol–water partition coefficient (Wildman–Crippen LogP) is 1.67. The van der Waals surface area contributed by atoms with Crippen molar-refractivity contribution in [1.29, 1.82) is 0 Å². The van der Waals surface area contributed by atoms with Gasteiger partial charge in [0.25, 0.3) is 0 Å². The summed E-state index contributed by atoms with van der Waals surface area (Å²) in [6.07, 6.45) is 6.55. The van der Waals surface area contributed by atoms with E-state index in [0.29, 0.717) is 5.69 Å². The second-order valence-corrected chi connectivity index (χ2v) is 5.49. The first kappa shape index (κ1) is 15.1. The number of carbonyl (C=O) groups excluding carboxylic acids is 1. The van der Waals surface area contributed by atoms with Crippen LogP contribution in [0.4, 0.5) is 5.69 Å². The van der Waals surface area contributed by atoms with E-state index in [0.717, 1.165) is 0 Å². The van der Waals surface area contributed by atoms with Crippen molar-refractivity contribution >= 4 is 21.6 Å². The molecule has 1 aromatic carbocycles. The fraction of sp³-hybridized carbons (Fsp3) is 0.154. The van der Waals surface area contributed by atoms with Crippen LogP contribution < -0.4 is 10.0 Å². The second-order valence-electron chi connectivity index (χ2n) is 3.61. The van der Waals surface area contributed by atoms with E-state index in [1.807, 2.05) is 6.92 Å². The molecule has 0 aliphatic rings. The molecule has 0 aromatic heterocycles. The van der Waals surface area contributed by atoms with Gasteiger partial charge in [0.2, 0.25) is 15.9 Å². The van der Waals surface area contributed by atoms with Gasteiger partial charge >= 0.3 is 0 Å². The summed E-state index contributed by atoms with van der Waals surface area (Å²) in [7, 11) is -2.10. The molecule has 102 valence electrons. The molecule has 19 heavy (non-hydrogen) atoms. The van der Waals surface area contributed by atoms with Gasteiger partial charge in [-0.15, -0.1) is 0 Å². The van der Waals surface area contributed by atoms with Crippen LogP contribution in [0.15, 0.2) is 53.5 Å². The van der Waals surface area contributed by atoms with Gasteiger partial charge in [-0.25, -0.2) is 13.1 Å². The van der Waals surface area contributed by atoms with Crippen molar-refractivity contribution in [2.24, 2.45) is 0 Å². The minimum atomic E-state index is -3.45. The fourth-order valence-corrected chi connectivity index (χ4v) is 2.00. The van der Waals surface area contributed by atoms with Crippen molar-refractivity contribution in [3.63, 3.8) is 0 Å². The Morgan fingerprint density at radius 2 is 1.79 bits per heavy atom. The quantitative estimate of drug-likeness (QED) is 0.636. The van der Waals surface area contributed by atoms with Crippen LogP contribution in [-0.4, -0.2) is 21.4 Å². The number of anilines is 1. The molecule has 0 heterocycles. The van der Waals surface area contributed by atoms with E-state index in [1.54, 1.807) is 18.2 Å². The summed E-state index contributed by atoms with van der Waals surface area (Å²) in [5.41, 5.74) is 0.533. The van der Waals surface area contributed by atoms with Crippen LogP contribution in [-0.2, 0) is 14.8 Å². The van der Waals surface area contributed by atoms with E-state index in [9.17, 15) is 13.2 Å². The van der Waals surface area contributed by atoms with Crippen LogP contribution in [0.3, 0.4) is 0 Å². The third-order valence-electron chi connectivity index (χ3n) is 2.25. The standard InChI is InChI=1S/C13H16N2O3S/c1-3-4-5-6-13(16)15-11-7-9-12(10-8-11)19(17,18)14-2/h3-10,14H,1-2H3,(H,15,16)/b4-3+,6-5+. The van der Waals surface area contributed by atoms with Crippen molar-refractivity contribution < 1.29 is 13.2 Å². The zero-order valence-electron chi connectivity index (χ0n) is 10.8. The lowest BCUT2D eigenvalue weighted by Crippen LogP contribution is -2.18. The fourth-order valence-electron chi connectivity index (χ4n) is 1.27. The summed E-state index contributed by atoms with van der Waals surface area (Å²) in [5.74, 6) is -0.276. The molecule has 1 aromatic rings. The summed E-state index contributed by atoms with van der Waals surface area (Å²) in [6, 6.07) is 5.92. The van der Waals surface area contributed by atoms with Crippen molar-refractivity contribution in [1.82, 2.24) is 4.72 Å². The van der Waals surface area contributed by atoms with E-state index in [2.05, 4.69) is 10.0 Å². The minimum Gasteiger partial charge on any atom is -0.323 e. The van der Waals surface area contributed by atoms with Crippen LogP contribution in [0.1, 0.15) is 6.92 Å². The number of allylic oxidation sites excluding steroid dienone is 3. The maximum absolute atomic E-state index is 11.5. The molecule has 0 bridgehead atoms. The number of nitrogens with one attached hydrogen (secondary N) is 2. The lowest BCUT2D eigenvalue weighted by atomic mass is 10.3. The summed E-state index contributed by atoms with van der Waals surface area (Å²) < 4.78 is 25.2. The first-order chi connectivity index (χ1) is 8.99. The van der Waals surface area contributed by atoms with Gasteiger partial charge in [0.05, 0.1) is 4.90 Å². The molecule has 2 N–H and O–H groups in total. The number of sulfonamides is 1. The Balaban J connectivity index is 2.75. The third kappa shape index (κ3) is 4.69. The van der Waals surface area contributed by atoms with Gasteiger partial charge in [0, 0.05) is 11.8 Å². The smallest absolute Gasteiger partial charge is 0.248 e. The van der Waals surface area contributed by atoms with E-state index in [-0.39, 0.29) is 10.8 Å². The number of benzene rings is 1. The summed E-state index contributed by atoms with van der Waals surface area (Å²) in [6.45, 7) is 1.85. The van der Waals surface area contributed by atoms with Crippen LogP contribution in [0.25, 0.3) is 0 Å². The average molecular weight is 280 g/mol. The normalized spacial score (nSPS) is 12.1. The molecule has 0 saturated heterocycles. The van der Waals surface area contributed by atoms with Gasteiger partial charge in [-0.3, -0.25) is 4.79 Å². The Kier molecular flexibility index (Phi) is 5.47. The van der Waals surface area contributed by atoms with E-state index in [1.165, 1.54) is 37.4 Å². The molecule has 5 nitrogen and oxygen atoms in total. The van der Waals surface area contributed by atoms with Crippen molar-refractivity contribution in [2.75, 3.05) is 12.4 Å². The molecular weight excluding hydrogens is 264 g/mol. The number of hydrogen-bond donors (Lipinski definition) is 2. The topological polar surface area (TPSA) is 75.3 Å². The van der Waals surface area contributed by atoms with E-state index >= 15 is 0 Å². The van der Waals surface area contributed by atoms with Crippen molar-refractivity contribution in [3.05, 3.63) is 48.6 Å². The Hall–Kier alpha value is -1.92. The molecule has 0 aliphatic heterocycles. The maximum atomic E-state index is 11.5. The van der Waals surface area contributed by atoms with Crippen LogP contribution in [0, 0.1) is 0 Å². The highest BCUT2D eigenvalue weighted by molar-refractivity contribution is 7.89. The molecule has 6 heteroatoms. The largest absolute Gasteiger partial charge is 0.323 e. The summed E-state index contributed by atoms with van der Waals surface area (Å²) >= 11 is 0. The number of rotatable bonds is 5. The molecule has 0 fully saturated rings. The lowest BCUT2D eigenvalue weighted by molar-refractivity contribution is -0.111. The van der Waals surface area contributed by atoms with Gasteiger partial charge in [-0.2, -0.15) is 0 Å². The van der Waals surface area contributed by atoms with Gasteiger partial charge in [-0.1, -0.05) is 18.2 Å². The molecule has 0 unspecified atom stereocenters. The zero-order valence-corrected chi connectivity index (χ0v) is 11.6. The van der Waals surface area contributed by atoms with Crippen LogP contribution in [0.2, 0.25) is 0 Å². The van der Waals surface area contributed by atoms with Gasteiger partial charge in [0.1, 0.15) is 0 Å². The van der Waals surface area contributed by atoms with E-state index < -0.39 is 10.0 Å². The van der Waals surface area contributed by atoms with Gasteiger partial charge in [0.15, 0.2) is 0 Å². The van der Waals surface area contributed by atoms with E-state index in [4.69, 9.17) is 0 Å². The molecule has 0 radical (unpaired) electrons. The zero-order chi connectivity index (χ0) is 14.3. The SMILES string of the molecule is C/C=C/C=C/C(=O)Nc1ccc(S(=O)(=O)NC)cc1. The van der Waals surface area contributed by atoms with Crippen molar-refractivity contribution in [2.45, 2.75) is 11.8 Å². The van der Waals surface area contributed by atoms with Crippen molar-refractivity contribution in [3.8, 4) is 0 Å². The Morgan fingerprint density at radius 1 is 1.16 bits per heavy atom. The molecule has 1 amide bonds. The first-order valence-corrected chi connectivity index (χ1v) is 7.12. The van der Waals surface area contributed by atoms with Crippen LogP contribution in [0.5, 0.6) is 0 Å². The predicted molar refractivity (Wildman–Crippen MR) is 75.3 cm³/mol. The highest BCUT2D eigenvalue weighted by Gasteiger charge is 2.10. The Labute approximate surface area is 113 Å². The highest BCUT2D eigenvalue weighted by Crippen LogP contribution is 2.13. The lowest BCUT2D eigenvalue weighted by Gasteiger charge is -2.05. The minimum absolute atomic E-state index is 0.150. The molecular formula is C13H16N2O3S.